The molecule has 10 heteroatoms. The van der Waals surface area contributed by atoms with Gasteiger partial charge in [0.15, 0.2) is 0 Å². The molecule has 22 heavy (non-hydrogen) atoms. The van der Waals surface area contributed by atoms with Crippen LogP contribution < -0.4 is 0 Å². The van der Waals surface area contributed by atoms with Crippen LogP contribution in [0, 0.1) is 0 Å². The van der Waals surface area contributed by atoms with Gasteiger partial charge in [-0.1, -0.05) is 59.7 Å². The van der Waals surface area contributed by atoms with Crippen LogP contribution in [0.25, 0.3) is 0 Å². The highest BCUT2D eigenvalue weighted by Crippen LogP contribution is 2.36. The standard InChI is InChI=1S/C12H11Cl4F3N2O/c1-2-3-4-21(5-12(17,18)19)11(22)9-7(14)6(13)8(15)10(16)20-9/h2-5H2,1H3. The van der Waals surface area contributed by atoms with Crippen molar-refractivity contribution in [1.29, 1.82) is 0 Å². The fraction of sp³-hybridized carbons (Fsp3) is 0.500. The zero-order chi connectivity index (χ0) is 17.1. The maximum atomic E-state index is 12.6. The molecule has 0 saturated heterocycles. The Morgan fingerprint density at radius 3 is 2.23 bits per heavy atom. The molecule has 0 unspecified atom stereocenters. The van der Waals surface area contributed by atoms with E-state index in [0.29, 0.717) is 17.7 Å². The van der Waals surface area contributed by atoms with Crippen LogP contribution in [-0.2, 0) is 0 Å². The van der Waals surface area contributed by atoms with Crippen molar-refractivity contribution < 1.29 is 18.0 Å². The Hall–Kier alpha value is -0.430. The normalized spacial score (nSPS) is 11.6. The number of carbonyl (C=O) groups excluding carboxylic acids is 1. The quantitative estimate of drug-likeness (QED) is 0.614. The van der Waals surface area contributed by atoms with E-state index in [1.54, 1.807) is 6.92 Å². The lowest BCUT2D eigenvalue weighted by Gasteiger charge is -2.24. The third kappa shape index (κ3) is 5.05. The number of carbonyl (C=O) groups is 1. The van der Waals surface area contributed by atoms with Gasteiger partial charge in [-0.2, -0.15) is 13.2 Å². The summed E-state index contributed by atoms with van der Waals surface area (Å²) in [5, 5.41) is -1.03. The number of amides is 1. The van der Waals surface area contributed by atoms with Crippen LogP contribution in [0.1, 0.15) is 30.3 Å². The zero-order valence-corrected chi connectivity index (χ0v) is 14.3. The molecule has 0 aromatic carbocycles. The average molecular weight is 398 g/mol. The molecule has 1 rings (SSSR count). The Morgan fingerprint density at radius 1 is 1.14 bits per heavy atom. The first-order valence-electron chi connectivity index (χ1n) is 6.14. The average Bonchev–Trinajstić information content (AvgIpc) is 2.43. The fourth-order valence-electron chi connectivity index (χ4n) is 1.60. The number of hydrogen-bond donors (Lipinski definition) is 0. The van der Waals surface area contributed by atoms with Crippen molar-refractivity contribution in [2.45, 2.75) is 25.9 Å². The van der Waals surface area contributed by atoms with Gasteiger partial charge in [-0.15, -0.1) is 0 Å². The fourth-order valence-corrected chi connectivity index (χ4v) is 2.41. The number of nitrogens with zero attached hydrogens (tertiary/aromatic N) is 2. The van der Waals surface area contributed by atoms with Crippen molar-refractivity contribution in [3.63, 3.8) is 0 Å². The molecular weight excluding hydrogens is 387 g/mol. The molecule has 3 nitrogen and oxygen atoms in total. The summed E-state index contributed by atoms with van der Waals surface area (Å²) >= 11 is 23.1. The molecule has 0 radical (unpaired) electrons. The number of hydrogen-bond acceptors (Lipinski definition) is 2. The smallest absolute Gasteiger partial charge is 0.328 e. The molecule has 0 fully saturated rings. The van der Waals surface area contributed by atoms with Crippen molar-refractivity contribution in [2.75, 3.05) is 13.1 Å². The van der Waals surface area contributed by atoms with Crippen LogP contribution in [-0.4, -0.2) is 35.1 Å². The second-order valence-electron chi connectivity index (χ2n) is 4.39. The van der Waals surface area contributed by atoms with Gasteiger partial charge < -0.3 is 4.90 Å². The minimum Gasteiger partial charge on any atom is -0.328 e. The molecule has 0 spiro atoms. The van der Waals surface area contributed by atoms with E-state index in [1.807, 2.05) is 0 Å². The lowest BCUT2D eigenvalue weighted by atomic mass is 10.2. The van der Waals surface area contributed by atoms with Gasteiger partial charge >= 0.3 is 6.18 Å². The van der Waals surface area contributed by atoms with Crippen LogP contribution in [0.4, 0.5) is 13.2 Å². The van der Waals surface area contributed by atoms with Gasteiger partial charge in [-0.3, -0.25) is 4.79 Å². The molecule has 0 aliphatic carbocycles. The number of rotatable bonds is 5. The van der Waals surface area contributed by atoms with Crippen molar-refractivity contribution in [3.8, 4) is 0 Å². The molecule has 0 bridgehead atoms. The highest BCUT2D eigenvalue weighted by molar-refractivity contribution is 6.52. The Kier molecular flexibility index (Phi) is 7.05. The van der Waals surface area contributed by atoms with Crippen LogP contribution in [0.15, 0.2) is 0 Å². The highest BCUT2D eigenvalue weighted by atomic mass is 35.5. The first-order chi connectivity index (χ1) is 10.1. The monoisotopic (exact) mass is 396 g/mol. The molecule has 1 heterocycles. The largest absolute Gasteiger partial charge is 0.406 e. The first-order valence-corrected chi connectivity index (χ1v) is 7.65. The summed E-state index contributed by atoms with van der Waals surface area (Å²) in [5.74, 6) is -1.00. The van der Waals surface area contributed by atoms with E-state index in [9.17, 15) is 18.0 Å². The van der Waals surface area contributed by atoms with Crippen LogP contribution in [0.2, 0.25) is 20.2 Å². The Bertz CT molecular complexity index is 566. The summed E-state index contributed by atoms with van der Waals surface area (Å²) in [6.45, 7) is 0.282. The van der Waals surface area contributed by atoms with E-state index in [-0.39, 0.29) is 26.8 Å². The number of unbranched alkanes of at least 4 members (excludes halogenated alkanes) is 1. The van der Waals surface area contributed by atoms with Crippen molar-refractivity contribution in [3.05, 3.63) is 25.9 Å². The van der Waals surface area contributed by atoms with Crippen molar-refractivity contribution in [2.24, 2.45) is 0 Å². The Morgan fingerprint density at radius 2 is 1.73 bits per heavy atom. The molecule has 0 N–H and O–H groups in total. The predicted octanol–water partition coefficient (Wildman–Crippen LogP) is 5.50. The summed E-state index contributed by atoms with van der Waals surface area (Å²) in [4.78, 5) is 16.5. The van der Waals surface area contributed by atoms with Gasteiger partial charge in [0.1, 0.15) is 17.4 Å². The molecular formula is C12H11Cl4F3N2O. The second kappa shape index (κ2) is 7.90. The molecule has 0 aliphatic heterocycles. The molecule has 1 aromatic heterocycles. The first kappa shape index (κ1) is 19.6. The number of pyridine rings is 1. The minimum absolute atomic E-state index is 0.0925. The van der Waals surface area contributed by atoms with Gasteiger partial charge in [0.05, 0.1) is 15.1 Å². The van der Waals surface area contributed by atoms with E-state index in [2.05, 4.69) is 4.98 Å². The lowest BCUT2D eigenvalue weighted by molar-refractivity contribution is -0.140. The maximum Gasteiger partial charge on any atom is 0.406 e. The topological polar surface area (TPSA) is 33.2 Å². The van der Waals surface area contributed by atoms with Gasteiger partial charge in [0.25, 0.3) is 5.91 Å². The molecule has 124 valence electrons. The number of halogens is 7. The van der Waals surface area contributed by atoms with E-state index < -0.39 is 24.3 Å². The van der Waals surface area contributed by atoms with E-state index in [1.165, 1.54) is 0 Å². The summed E-state index contributed by atoms with van der Waals surface area (Å²) in [7, 11) is 0. The summed E-state index contributed by atoms with van der Waals surface area (Å²) in [6.07, 6.45) is -3.53. The maximum absolute atomic E-state index is 12.6. The molecule has 0 atom stereocenters. The Labute approximate surface area is 145 Å². The third-order valence-electron chi connectivity index (χ3n) is 2.63. The summed E-state index contributed by atoms with van der Waals surface area (Å²) in [6, 6.07) is 0. The summed E-state index contributed by atoms with van der Waals surface area (Å²) in [5.41, 5.74) is -0.457. The van der Waals surface area contributed by atoms with Crippen LogP contribution in [0.5, 0.6) is 0 Å². The predicted molar refractivity (Wildman–Crippen MR) is 81.1 cm³/mol. The SMILES string of the molecule is CCCCN(CC(F)(F)F)C(=O)c1nc(Cl)c(Cl)c(Cl)c1Cl. The molecule has 1 aromatic rings. The lowest BCUT2D eigenvalue weighted by Crippen LogP contribution is -2.40. The van der Waals surface area contributed by atoms with E-state index in [4.69, 9.17) is 46.4 Å². The number of aromatic nitrogens is 1. The molecule has 0 saturated carbocycles. The van der Waals surface area contributed by atoms with Crippen LogP contribution >= 0.6 is 46.4 Å². The van der Waals surface area contributed by atoms with Crippen LogP contribution in [0.3, 0.4) is 0 Å². The van der Waals surface area contributed by atoms with Gasteiger partial charge in [-0.05, 0) is 6.42 Å². The van der Waals surface area contributed by atoms with Gasteiger partial charge in [-0.25, -0.2) is 4.98 Å². The second-order valence-corrected chi connectivity index (χ2v) is 5.88. The number of alkyl halides is 3. The molecule has 0 aliphatic rings. The van der Waals surface area contributed by atoms with Crippen molar-refractivity contribution in [1.82, 2.24) is 9.88 Å². The Balaban J connectivity index is 3.18. The zero-order valence-electron chi connectivity index (χ0n) is 11.3. The third-order valence-corrected chi connectivity index (χ3v) is 4.30. The highest BCUT2D eigenvalue weighted by Gasteiger charge is 2.34. The van der Waals surface area contributed by atoms with Gasteiger partial charge in [0.2, 0.25) is 0 Å². The minimum atomic E-state index is -4.55. The summed E-state index contributed by atoms with van der Waals surface area (Å²) < 4.78 is 37.8. The van der Waals surface area contributed by atoms with E-state index >= 15 is 0 Å². The van der Waals surface area contributed by atoms with Crippen molar-refractivity contribution >= 4 is 52.3 Å². The molecule has 1 amide bonds. The van der Waals surface area contributed by atoms with Gasteiger partial charge in [0, 0.05) is 6.54 Å². The van der Waals surface area contributed by atoms with E-state index in [0.717, 1.165) is 0 Å².